The summed E-state index contributed by atoms with van der Waals surface area (Å²) in [5.41, 5.74) is 10.8. The van der Waals surface area contributed by atoms with Crippen LogP contribution in [0.5, 0.6) is 5.75 Å². The minimum absolute atomic E-state index is 0.333. The summed E-state index contributed by atoms with van der Waals surface area (Å²) in [6.07, 6.45) is 3.85. The van der Waals surface area contributed by atoms with Crippen molar-refractivity contribution in [3.63, 3.8) is 0 Å². The van der Waals surface area contributed by atoms with Crippen LogP contribution in [0.3, 0.4) is 0 Å². The smallest absolute Gasteiger partial charge is 0.125 e. The lowest BCUT2D eigenvalue weighted by Crippen LogP contribution is -2.21. The third-order valence-electron chi connectivity index (χ3n) is 4.08. The van der Waals surface area contributed by atoms with E-state index in [4.69, 9.17) is 10.5 Å². The first-order valence-corrected chi connectivity index (χ1v) is 8.79. The van der Waals surface area contributed by atoms with Gasteiger partial charge in [-0.1, -0.05) is 49.4 Å². The average Bonchev–Trinajstić information content (AvgIpc) is 2.65. The molecule has 0 radical (unpaired) electrons. The molecule has 0 saturated heterocycles. The molecule has 2 aromatic rings. The van der Waals surface area contributed by atoms with E-state index in [1.807, 2.05) is 30.3 Å². The minimum atomic E-state index is -0.333. The lowest BCUT2D eigenvalue weighted by molar-refractivity contribution is 0.407. The molecule has 0 amide bonds. The van der Waals surface area contributed by atoms with Gasteiger partial charge in [0.1, 0.15) is 11.9 Å². The lowest BCUT2D eigenvalue weighted by atomic mass is 10.1. The Balaban J connectivity index is 2.12. The Morgan fingerprint density at radius 3 is 2.64 bits per heavy atom. The van der Waals surface area contributed by atoms with E-state index in [-0.39, 0.29) is 6.17 Å². The molecule has 2 aromatic carbocycles. The second kappa shape index (κ2) is 9.74. The molecule has 25 heavy (non-hydrogen) atoms. The molecule has 4 nitrogen and oxygen atoms in total. The van der Waals surface area contributed by atoms with Crippen molar-refractivity contribution in [1.29, 1.82) is 0 Å². The van der Waals surface area contributed by atoms with Gasteiger partial charge in [-0.15, -0.1) is 0 Å². The number of methoxy groups -OCH3 is 1. The van der Waals surface area contributed by atoms with Crippen LogP contribution in [0.4, 0.5) is 5.69 Å². The summed E-state index contributed by atoms with van der Waals surface area (Å²) in [6.45, 7) is 5.27. The molecular weight excluding hydrogens is 310 g/mol. The van der Waals surface area contributed by atoms with Crippen LogP contribution in [0.2, 0.25) is 0 Å². The number of rotatable bonds is 9. The molecule has 4 heteroatoms. The Kier molecular flexibility index (Phi) is 7.36. The van der Waals surface area contributed by atoms with E-state index < -0.39 is 0 Å². The van der Waals surface area contributed by atoms with Crippen LogP contribution in [-0.2, 0) is 6.42 Å². The first-order valence-electron chi connectivity index (χ1n) is 8.79. The molecule has 0 spiro atoms. The predicted octanol–water partition coefficient (Wildman–Crippen LogP) is 4.21. The van der Waals surface area contributed by atoms with E-state index in [0.29, 0.717) is 0 Å². The summed E-state index contributed by atoms with van der Waals surface area (Å²) in [5, 5.41) is 6.82. The van der Waals surface area contributed by atoms with Gasteiger partial charge in [0.25, 0.3) is 0 Å². The normalized spacial score (nSPS) is 12.6. The second-order valence-corrected chi connectivity index (χ2v) is 6.04. The zero-order valence-electron chi connectivity index (χ0n) is 15.4. The molecule has 0 fully saturated rings. The number of ether oxygens (including phenoxy) is 1. The fourth-order valence-corrected chi connectivity index (χ4v) is 2.67. The molecule has 1 unspecified atom stereocenters. The number of hydrogen-bond acceptors (Lipinski definition) is 4. The van der Waals surface area contributed by atoms with Crippen LogP contribution >= 0.6 is 0 Å². The van der Waals surface area contributed by atoms with Gasteiger partial charge in [0, 0.05) is 23.5 Å². The van der Waals surface area contributed by atoms with E-state index >= 15 is 0 Å². The fourth-order valence-electron chi connectivity index (χ4n) is 2.67. The van der Waals surface area contributed by atoms with Crippen LogP contribution in [0, 0.1) is 0 Å². The van der Waals surface area contributed by atoms with Crippen molar-refractivity contribution in [3.8, 4) is 5.75 Å². The maximum absolute atomic E-state index is 6.38. The molecule has 0 aliphatic carbocycles. The van der Waals surface area contributed by atoms with Crippen LogP contribution in [-0.4, -0.2) is 13.7 Å². The maximum Gasteiger partial charge on any atom is 0.125 e. The average molecular weight is 339 g/mol. The second-order valence-electron chi connectivity index (χ2n) is 6.04. The summed E-state index contributed by atoms with van der Waals surface area (Å²) < 4.78 is 5.41. The Hall–Kier alpha value is -2.46. The highest BCUT2D eigenvalue weighted by Gasteiger charge is 2.12. The van der Waals surface area contributed by atoms with Gasteiger partial charge in [0.05, 0.1) is 7.11 Å². The van der Waals surface area contributed by atoms with E-state index in [1.165, 1.54) is 11.3 Å². The summed E-state index contributed by atoms with van der Waals surface area (Å²) in [5.74, 6) is 0.791. The number of nitrogens with two attached hydrogens (primary N) is 1. The zero-order valence-corrected chi connectivity index (χ0v) is 15.4. The summed E-state index contributed by atoms with van der Waals surface area (Å²) in [7, 11) is 1.66. The summed E-state index contributed by atoms with van der Waals surface area (Å²) >= 11 is 0. The van der Waals surface area contributed by atoms with Gasteiger partial charge < -0.3 is 21.1 Å². The summed E-state index contributed by atoms with van der Waals surface area (Å²) in [4.78, 5) is 0. The van der Waals surface area contributed by atoms with E-state index in [1.54, 1.807) is 7.11 Å². The first kappa shape index (κ1) is 18.9. The Morgan fingerprint density at radius 1 is 1.16 bits per heavy atom. The number of anilines is 1. The number of para-hydroxylation sites is 2. The highest BCUT2D eigenvalue weighted by molar-refractivity contribution is 5.54. The van der Waals surface area contributed by atoms with Crippen LogP contribution in [0.15, 0.2) is 60.3 Å². The van der Waals surface area contributed by atoms with Gasteiger partial charge in [0.2, 0.25) is 0 Å². The monoisotopic (exact) mass is 339 g/mol. The lowest BCUT2D eigenvalue weighted by Gasteiger charge is -2.20. The Morgan fingerprint density at radius 2 is 1.88 bits per heavy atom. The maximum atomic E-state index is 6.38. The molecular formula is C21H29N3O. The topological polar surface area (TPSA) is 59.3 Å². The van der Waals surface area contributed by atoms with Gasteiger partial charge in [-0.2, -0.15) is 0 Å². The number of benzene rings is 2. The highest BCUT2D eigenvalue weighted by Crippen LogP contribution is 2.26. The van der Waals surface area contributed by atoms with Crippen molar-refractivity contribution in [2.24, 2.45) is 5.73 Å². The molecule has 2 rings (SSSR count). The Bertz CT molecular complexity index is 697. The van der Waals surface area contributed by atoms with Gasteiger partial charge in [-0.05, 0) is 37.5 Å². The van der Waals surface area contributed by atoms with Crippen molar-refractivity contribution < 1.29 is 4.74 Å². The van der Waals surface area contributed by atoms with E-state index in [2.05, 4.69) is 48.8 Å². The van der Waals surface area contributed by atoms with Crippen molar-refractivity contribution in [2.45, 2.75) is 32.9 Å². The van der Waals surface area contributed by atoms with Crippen LogP contribution in [0.25, 0.3) is 0 Å². The third-order valence-corrected chi connectivity index (χ3v) is 4.08. The number of nitrogens with one attached hydrogen (secondary N) is 2. The van der Waals surface area contributed by atoms with Crippen molar-refractivity contribution in [2.75, 3.05) is 19.0 Å². The SMILES string of the molecule is CCCN/C(C)=C\Cc1ccccc1NC(N)c1ccccc1OC. The third kappa shape index (κ3) is 5.54. The van der Waals surface area contributed by atoms with Crippen molar-refractivity contribution in [3.05, 3.63) is 71.4 Å². The molecule has 0 aliphatic rings. The van der Waals surface area contributed by atoms with Gasteiger partial charge in [-0.3, -0.25) is 0 Å². The first-order chi connectivity index (χ1) is 12.2. The van der Waals surface area contributed by atoms with Gasteiger partial charge in [0.15, 0.2) is 0 Å². The molecule has 4 N–H and O–H groups in total. The van der Waals surface area contributed by atoms with E-state index in [9.17, 15) is 0 Å². The molecule has 0 aliphatic heterocycles. The highest BCUT2D eigenvalue weighted by atomic mass is 16.5. The fraction of sp³-hybridized carbons (Fsp3) is 0.333. The number of hydrogen-bond donors (Lipinski definition) is 3. The van der Waals surface area contributed by atoms with Gasteiger partial charge >= 0.3 is 0 Å². The summed E-state index contributed by atoms with van der Waals surface area (Å²) in [6, 6.07) is 16.1. The van der Waals surface area contributed by atoms with Crippen LogP contribution in [0.1, 0.15) is 37.6 Å². The zero-order chi connectivity index (χ0) is 18.1. The largest absolute Gasteiger partial charge is 0.496 e. The molecule has 0 bridgehead atoms. The molecule has 0 aromatic heterocycles. The van der Waals surface area contributed by atoms with Gasteiger partial charge in [-0.25, -0.2) is 0 Å². The molecule has 1 atom stereocenters. The number of allylic oxidation sites excluding steroid dienone is 2. The predicted molar refractivity (Wildman–Crippen MR) is 106 cm³/mol. The van der Waals surface area contributed by atoms with E-state index in [0.717, 1.165) is 36.4 Å². The molecule has 134 valence electrons. The van der Waals surface area contributed by atoms with Crippen molar-refractivity contribution in [1.82, 2.24) is 5.32 Å². The standard InChI is InChI=1S/C21H29N3O/c1-4-15-23-16(2)13-14-17-9-5-7-11-19(17)24-21(22)18-10-6-8-12-20(18)25-3/h5-13,21,23-24H,4,14-15,22H2,1-3H3/b16-13-. The van der Waals surface area contributed by atoms with Crippen LogP contribution < -0.4 is 21.1 Å². The quantitative estimate of drug-likeness (QED) is 0.599. The van der Waals surface area contributed by atoms with Crippen molar-refractivity contribution >= 4 is 5.69 Å². The minimum Gasteiger partial charge on any atom is -0.496 e. The molecule has 0 saturated carbocycles. The molecule has 0 heterocycles. The Labute approximate surface area is 151 Å².